The molecule has 7 rings (SSSR count). The third kappa shape index (κ3) is 5.41. The lowest BCUT2D eigenvalue weighted by Crippen LogP contribution is -2.40. The average Bonchev–Trinajstić information content (AvgIpc) is 3.60. The molecule has 0 amide bonds. The molecule has 2 N–H and O–H groups in total. The van der Waals surface area contributed by atoms with Gasteiger partial charge in [0.05, 0.1) is 30.4 Å². The number of hydrogen-bond acceptors (Lipinski definition) is 10. The number of fused-ring (bicyclic) bond motifs is 4. The summed E-state index contributed by atoms with van der Waals surface area (Å²) < 4.78 is 30.6. The van der Waals surface area contributed by atoms with Gasteiger partial charge in [-0.2, -0.15) is 0 Å². The maximum absolute atomic E-state index is 16.1. The Morgan fingerprint density at radius 2 is 2.08 bits per heavy atom. The number of carbonyl (C=O) groups is 1. The Kier molecular flexibility index (Phi) is 7.32. The van der Waals surface area contributed by atoms with E-state index in [1.165, 1.54) is 37.5 Å². The third-order valence-electron chi connectivity index (χ3n) is 7.38. The molecule has 3 aliphatic rings. The molecule has 2 bridgehead atoms. The van der Waals surface area contributed by atoms with Gasteiger partial charge in [-0.1, -0.05) is 24.4 Å². The molecule has 4 aromatic heterocycles. The number of anilines is 1. The molecule has 0 unspecified atom stereocenters. The molecular formula is C26H26ClFN6O4S. The summed E-state index contributed by atoms with van der Waals surface area (Å²) in [5, 5.41) is 3.68. The first-order chi connectivity index (χ1) is 19.0. The summed E-state index contributed by atoms with van der Waals surface area (Å²) >= 11 is 7.45. The number of ether oxygens (including phenoxy) is 3. The number of methoxy groups -OCH3 is 1. The topological polar surface area (TPSA) is 124 Å². The fourth-order valence-electron chi connectivity index (χ4n) is 5.47. The van der Waals surface area contributed by atoms with Crippen LogP contribution in [0.4, 0.5) is 15.0 Å². The summed E-state index contributed by atoms with van der Waals surface area (Å²) in [5.74, 6) is 1.16. The summed E-state index contributed by atoms with van der Waals surface area (Å²) in [6.07, 6.45) is 8.14. The van der Waals surface area contributed by atoms with Crippen LogP contribution in [0.5, 0.6) is 0 Å². The number of H-pyrrole nitrogens is 1. The number of aromatic nitrogens is 5. The SMILES string of the molecule is COC(=O)OCOCc1ccc(-c2nc(-c3c[nH]c4ncc(Cl)nc34)nc(N[C@@H]3CC4CCC3CC4)c2F)s1. The predicted octanol–water partition coefficient (Wildman–Crippen LogP) is 6.18. The molecule has 0 aromatic carbocycles. The number of carbonyl (C=O) groups excluding carboxylic acids is 1. The first-order valence-electron chi connectivity index (χ1n) is 12.7. The molecule has 3 saturated carbocycles. The van der Waals surface area contributed by atoms with Crippen LogP contribution in [0.1, 0.15) is 37.0 Å². The van der Waals surface area contributed by atoms with Crippen molar-refractivity contribution in [1.82, 2.24) is 24.9 Å². The standard InChI is InChI=1S/C26H26ClFN6O4S/c1-36-26(35)38-12-37-11-15-6-7-18(39-15)22-20(28)24(31-17-8-13-2-4-14(17)5-3-13)34-23(33-22)16-9-29-25-21(16)32-19(27)10-30-25/h6-7,9-10,13-14,17H,2-5,8,11-12H2,1H3,(H,29,30)(H,31,33,34)/t13?,14?,17-/m1/s1. The van der Waals surface area contributed by atoms with Gasteiger partial charge in [0, 0.05) is 17.1 Å². The fraction of sp³-hybridized carbons (Fsp3) is 0.423. The van der Waals surface area contributed by atoms with Crippen molar-refractivity contribution < 1.29 is 23.4 Å². The Balaban J connectivity index is 1.34. The van der Waals surface area contributed by atoms with Crippen LogP contribution in [0.2, 0.25) is 5.15 Å². The Hall–Kier alpha value is -3.35. The Bertz CT molecular complexity index is 1510. The van der Waals surface area contributed by atoms with Crippen LogP contribution < -0.4 is 5.32 Å². The van der Waals surface area contributed by atoms with E-state index in [1.807, 2.05) is 6.07 Å². The molecule has 39 heavy (non-hydrogen) atoms. The van der Waals surface area contributed by atoms with Gasteiger partial charge in [-0.25, -0.2) is 29.1 Å². The summed E-state index contributed by atoms with van der Waals surface area (Å²) in [4.78, 5) is 33.5. The second-order valence-electron chi connectivity index (χ2n) is 9.75. The largest absolute Gasteiger partial charge is 0.510 e. The molecule has 0 radical (unpaired) electrons. The molecule has 3 fully saturated rings. The number of nitrogens with one attached hydrogen (secondary N) is 2. The predicted molar refractivity (Wildman–Crippen MR) is 144 cm³/mol. The molecule has 0 saturated heterocycles. The maximum atomic E-state index is 16.1. The summed E-state index contributed by atoms with van der Waals surface area (Å²) in [6.45, 7) is -0.0816. The van der Waals surface area contributed by atoms with Crippen LogP contribution in [0, 0.1) is 17.7 Å². The minimum atomic E-state index is -0.827. The number of thiophene rings is 1. The molecule has 0 aliphatic heterocycles. The van der Waals surface area contributed by atoms with E-state index in [0.717, 1.165) is 24.1 Å². The summed E-state index contributed by atoms with van der Waals surface area (Å²) in [5.41, 5.74) is 1.80. The minimum absolute atomic E-state index is 0.168. The van der Waals surface area contributed by atoms with Crippen molar-refractivity contribution in [2.75, 3.05) is 19.2 Å². The quantitative estimate of drug-likeness (QED) is 0.144. The Morgan fingerprint density at radius 3 is 2.85 bits per heavy atom. The van der Waals surface area contributed by atoms with Crippen molar-refractivity contribution >= 4 is 46.1 Å². The van der Waals surface area contributed by atoms with E-state index >= 15 is 4.39 Å². The van der Waals surface area contributed by atoms with Gasteiger partial charge in [0.15, 0.2) is 29.9 Å². The zero-order valence-corrected chi connectivity index (χ0v) is 22.6. The molecule has 4 aromatic rings. The van der Waals surface area contributed by atoms with Gasteiger partial charge >= 0.3 is 6.16 Å². The molecule has 10 nitrogen and oxygen atoms in total. The van der Waals surface area contributed by atoms with E-state index in [1.54, 1.807) is 12.3 Å². The van der Waals surface area contributed by atoms with E-state index in [2.05, 4.69) is 35.0 Å². The zero-order valence-electron chi connectivity index (χ0n) is 21.1. The average molecular weight is 573 g/mol. The molecule has 3 aliphatic carbocycles. The van der Waals surface area contributed by atoms with Gasteiger partial charge < -0.3 is 24.5 Å². The smallest absolute Gasteiger partial charge is 0.438 e. The first kappa shape index (κ1) is 25.9. The second kappa shape index (κ2) is 11.0. The monoisotopic (exact) mass is 572 g/mol. The van der Waals surface area contributed by atoms with Crippen LogP contribution in [0.25, 0.3) is 33.1 Å². The zero-order chi connectivity index (χ0) is 26.9. The summed E-state index contributed by atoms with van der Waals surface area (Å²) in [7, 11) is 1.22. The first-order valence-corrected chi connectivity index (χ1v) is 13.9. The second-order valence-corrected chi connectivity index (χ2v) is 11.3. The highest BCUT2D eigenvalue weighted by Gasteiger charge is 2.36. The third-order valence-corrected chi connectivity index (χ3v) is 8.63. The molecule has 1 atom stereocenters. The lowest BCUT2D eigenvalue weighted by molar-refractivity contribution is -0.0455. The Labute approximate surface area is 232 Å². The highest BCUT2D eigenvalue weighted by Crippen LogP contribution is 2.43. The lowest BCUT2D eigenvalue weighted by Gasteiger charge is -2.42. The molecule has 0 spiro atoms. The van der Waals surface area contributed by atoms with Crippen molar-refractivity contribution in [1.29, 1.82) is 0 Å². The number of halogens is 2. The van der Waals surface area contributed by atoms with Crippen molar-refractivity contribution in [3.8, 4) is 22.0 Å². The lowest BCUT2D eigenvalue weighted by atomic mass is 9.68. The van der Waals surface area contributed by atoms with Gasteiger partial charge in [-0.15, -0.1) is 11.3 Å². The van der Waals surface area contributed by atoms with Gasteiger partial charge in [-0.05, 0) is 43.2 Å². The van der Waals surface area contributed by atoms with Crippen molar-refractivity contribution in [2.24, 2.45) is 11.8 Å². The number of aromatic amines is 1. The van der Waals surface area contributed by atoms with E-state index < -0.39 is 12.0 Å². The van der Waals surface area contributed by atoms with E-state index in [9.17, 15) is 4.79 Å². The van der Waals surface area contributed by atoms with Gasteiger partial charge in [-0.3, -0.25) is 0 Å². The molecule has 4 heterocycles. The highest BCUT2D eigenvalue weighted by molar-refractivity contribution is 7.15. The fourth-order valence-corrected chi connectivity index (χ4v) is 6.53. The van der Waals surface area contributed by atoms with Crippen LogP contribution in [0.3, 0.4) is 0 Å². The van der Waals surface area contributed by atoms with Crippen molar-refractivity contribution in [2.45, 2.75) is 44.8 Å². The van der Waals surface area contributed by atoms with Gasteiger partial charge in [0.1, 0.15) is 16.4 Å². The van der Waals surface area contributed by atoms with E-state index in [4.69, 9.17) is 21.1 Å². The number of nitrogens with zero attached hydrogens (tertiary/aromatic N) is 4. The summed E-state index contributed by atoms with van der Waals surface area (Å²) in [6, 6.07) is 3.78. The minimum Gasteiger partial charge on any atom is -0.438 e. The number of rotatable bonds is 8. The van der Waals surface area contributed by atoms with Crippen LogP contribution >= 0.6 is 22.9 Å². The molecule has 204 valence electrons. The highest BCUT2D eigenvalue weighted by atomic mass is 35.5. The molecular weight excluding hydrogens is 547 g/mol. The van der Waals surface area contributed by atoms with Crippen LogP contribution in [0.15, 0.2) is 24.5 Å². The van der Waals surface area contributed by atoms with Crippen molar-refractivity contribution in [3.63, 3.8) is 0 Å². The normalized spacial score (nSPS) is 20.3. The van der Waals surface area contributed by atoms with Crippen LogP contribution in [-0.2, 0) is 20.8 Å². The van der Waals surface area contributed by atoms with E-state index in [0.29, 0.717) is 39.3 Å². The Morgan fingerprint density at radius 1 is 1.23 bits per heavy atom. The van der Waals surface area contributed by atoms with E-state index in [-0.39, 0.29) is 36.1 Å². The van der Waals surface area contributed by atoms with Crippen LogP contribution in [-0.4, -0.2) is 51.0 Å². The molecule has 13 heteroatoms. The van der Waals surface area contributed by atoms with Gasteiger partial charge in [0.2, 0.25) is 0 Å². The van der Waals surface area contributed by atoms with Gasteiger partial charge in [0.25, 0.3) is 0 Å². The number of hydrogen-bond donors (Lipinski definition) is 2. The maximum Gasteiger partial charge on any atom is 0.510 e. The van der Waals surface area contributed by atoms with Crippen molar-refractivity contribution in [3.05, 3.63) is 40.4 Å².